The van der Waals surface area contributed by atoms with E-state index in [4.69, 9.17) is 28.9 Å². The van der Waals surface area contributed by atoms with Gasteiger partial charge in [0.15, 0.2) is 0 Å². The fourth-order valence-electron chi connectivity index (χ4n) is 2.39. The Morgan fingerprint density at radius 3 is 2.35 bits per heavy atom. The number of rotatable bonds is 5. The minimum absolute atomic E-state index is 0.384. The van der Waals surface area contributed by atoms with Crippen molar-refractivity contribution in [3.05, 3.63) is 69.2 Å². The Kier molecular flexibility index (Phi) is 5.47. The zero-order chi connectivity index (χ0) is 14.5. The summed E-state index contributed by atoms with van der Waals surface area (Å²) in [6, 6.07) is 14.1. The van der Waals surface area contributed by atoms with Gasteiger partial charge in [-0.2, -0.15) is 0 Å². The Balaban J connectivity index is 2.11. The number of benzene rings is 2. The molecular formula is C17H19Cl2N. The minimum atomic E-state index is 0.384. The summed E-state index contributed by atoms with van der Waals surface area (Å²) in [5, 5.41) is 1.39. The molecule has 2 rings (SSSR count). The Hall–Kier alpha value is -1.02. The summed E-state index contributed by atoms with van der Waals surface area (Å²) in [6.45, 7) is 2.78. The van der Waals surface area contributed by atoms with Gasteiger partial charge in [-0.05, 0) is 61.1 Å². The van der Waals surface area contributed by atoms with Crippen LogP contribution in [0.5, 0.6) is 0 Å². The summed E-state index contributed by atoms with van der Waals surface area (Å²) in [5.74, 6) is 0.384. The number of hydrogen-bond acceptors (Lipinski definition) is 1. The average molecular weight is 308 g/mol. The predicted molar refractivity (Wildman–Crippen MR) is 87.6 cm³/mol. The van der Waals surface area contributed by atoms with Crippen LogP contribution < -0.4 is 5.73 Å². The molecule has 0 radical (unpaired) electrons. The molecule has 2 aromatic carbocycles. The lowest BCUT2D eigenvalue weighted by atomic mass is 9.91. The van der Waals surface area contributed by atoms with Crippen molar-refractivity contribution in [2.24, 2.45) is 11.7 Å². The van der Waals surface area contributed by atoms with Crippen molar-refractivity contribution in [3.63, 3.8) is 0 Å². The van der Waals surface area contributed by atoms with Crippen molar-refractivity contribution in [1.82, 2.24) is 0 Å². The summed E-state index contributed by atoms with van der Waals surface area (Å²) in [5.41, 5.74) is 9.71. The molecule has 0 heterocycles. The van der Waals surface area contributed by atoms with Crippen LogP contribution in [0.4, 0.5) is 0 Å². The largest absolute Gasteiger partial charge is 0.330 e. The van der Waals surface area contributed by atoms with Crippen LogP contribution in [0.15, 0.2) is 42.5 Å². The number of hydrogen-bond donors (Lipinski definition) is 1. The molecule has 20 heavy (non-hydrogen) atoms. The molecule has 2 N–H and O–H groups in total. The highest BCUT2D eigenvalue weighted by Gasteiger charge is 2.12. The van der Waals surface area contributed by atoms with Crippen LogP contribution in [0.25, 0.3) is 0 Å². The number of nitrogens with two attached hydrogens (primary N) is 1. The Labute approximate surface area is 130 Å². The molecule has 106 valence electrons. The second-order valence-corrected chi connectivity index (χ2v) is 6.02. The fourth-order valence-corrected chi connectivity index (χ4v) is 2.87. The Bertz CT molecular complexity index is 581. The van der Waals surface area contributed by atoms with Gasteiger partial charge in [0.25, 0.3) is 0 Å². The summed E-state index contributed by atoms with van der Waals surface area (Å²) < 4.78 is 0. The minimum Gasteiger partial charge on any atom is -0.330 e. The van der Waals surface area contributed by atoms with Gasteiger partial charge in [-0.3, -0.25) is 0 Å². The third-order valence-electron chi connectivity index (χ3n) is 3.63. The maximum absolute atomic E-state index is 6.24. The summed E-state index contributed by atoms with van der Waals surface area (Å²) in [6.07, 6.45) is 1.85. The lowest BCUT2D eigenvalue weighted by molar-refractivity contribution is 0.532. The van der Waals surface area contributed by atoms with Crippen LogP contribution in [0.3, 0.4) is 0 Å². The van der Waals surface area contributed by atoms with Crippen LogP contribution >= 0.6 is 23.2 Å². The molecule has 1 nitrogen and oxygen atoms in total. The van der Waals surface area contributed by atoms with E-state index in [1.807, 2.05) is 12.1 Å². The average Bonchev–Trinajstić information content (AvgIpc) is 2.43. The van der Waals surface area contributed by atoms with E-state index in [2.05, 4.69) is 31.2 Å². The van der Waals surface area contributed by atoms with Gasteiger partial charge in [-0.1, -0.05) is 53.5 Å². The molecule has 1 atom stereocenters. The van der Waals surface area contributed by atoms with Crippen molar-refractivity contribution in [2.45, 2.75) is 19.8 Å². The van der Waals surface area contributed by atoms with Crippen molar-refractivity contribution in [1.29, 1.82) is 0 Å². The van der Waals surface area contributed by atoms with Gasteiger partial charge in [0, 0.05) is 10.0 Å². The zero-order valence-corrected chi connectivity index (χ0v) is 13.1. The molecule has 0 aliphatic heterocycles. The summed E-state index contributed by atoms with van der Waals surface area (Å²) in [4.78, 5) is 0. The SMILES string of the molecule is Cc1ccccc1CC(CN)Cc1ccc(Cl)cc1Cl. The van der Waals surface area contributed by atoms with Crippen molar-refractivity contribution >= 4 is 23.2 Å². The molecule has 0 aliphatic rings. The first-order valence-electron chi connectivity index (χ1n) is 6.78. The van der Waals surface area contributed by atoms with Gasteiger partial charge in [0.05, 0.1) is 0 Å². The molecule has 0 fully saturated rings. The molecule has 0 bridgehead atoms. The van der Waals surface area contributed by atoms with Crippen LogP contribution in [0.2, 0.25) is 10.0 Å². The van der Waals surface area contributed by atoms with Gasteiger partial charge in [0.1, 0.15) is 0 Å². The summed E-state index contributed by atoms with van der Waals surface area (Å²) in [7, 11) is 0. The van der Waals surface area contributed by atoms with Gasteiger partial charge in [0.2, 0.25) is 0 Å². The van der Waals surface area contributed by atoms with E-state index in [9.17, 15) is 0 Å². The Morgan fingerprint density at radius 2 is 1.70 bits per heavy atom. The second kappa shape index (κ2) is 7.12. The molecule has 3 heteroatoms. The first-order chi connectivity index (χ1) is 9.60. The van der Waals surface area contributed by atoms with Crippen LogP contribution in [0, 0.1) is 12.8 Å². The van der Waals surface area contributed by atoms with Crippen LogP contribution in [-0.4, -0.2) is 6.54 Å². The first-order valence-corrected chi connectivity index (χ1v) is 7.54. The van der Waals surface area contributed by atoms with E-state index in [0.29, 0.717) is 17.5 Å². The van der Waals surface area contributed by atoms with Crippen LogP contribution in [0.1, 0.15) is 16.7 Å². The van der Waals surface area contributed by atoms with Gasteiger partial charge < -0.3 is 5.73 Å². The van der Waals surface area contributed by atoms with E-state index in [1.54, 1.807) is 6.07 Å². The predicted octanol–water partition coefficient (Wildman–Crippen LogP) is 4.66. The third-order valence-corrected chi connectivity index (χ3v) is 4.21. The highest BCUT2D eigenvalue weighted by molar-refractivity contribution is 6.35. The van der Waals surface area contributed by atoms with E-state index >= 15 is 0 Å². The molecule has 1 unspecified atom stereocenters. The molecule has 0 amide bonds. The van der Waals surface area contributed by atoms with Gasteiger partial charge in [-0.25, -0.2) is 0 Å². The van der Waals surface area contributed by atoms with E-state index in [0.717, 1.165) is 23.4 Å². The monoisotopic (exact) mass is 307 g/mol. The molecule has 0 aliphatic carbocycles. The van der Waals surface area contributed by atoms with Crippen LogP contribution in [-0.2, 0) is 12.8 Å². The molecule has 0 saturated heterocycles. The quantitative estimate of drug-likeness (QED) is 0.854. The molecule has 2 aromatic rings. The first kappa shape index (κ1) is 15.4. The summed E-state index contributed by atoms with van der Waals surface area (Å²) >= 11 is 12.2. The lowest BCUT2D eigenvalue weighted by Gasteiger charge is -2.17. The lowest BCUT2D eigenvalue weighted by Crippen LogP contribution is -2.20. The highest BCUT2D eigenvalue weighted by Crippen LogP contribution is 2.25. The zero-order valence-electron chi connectivity index (χ0n) is 11.6. The van der Waals surface area contributed by atoms with E-state index in [1.165, 1.54) is 11.1 Å². The topological polar surface area (TPSA) is 26.0 Å². The van der Waals surface area contributed by atoms with E-state index in [-0.39, 0.29) is 0 Å². The van der Waals surface area contributed by atoms with Gasteiger partial charge >= 0.3 is 0 Å². The number of halogens is 2. The standard InChI is InChI=1S/C17H19Cl2N/c1-12-4-2-3-5-14(12)8-13(11-20)9-15-6-7-16(18)10-17(15)19/h2-7,10,13H,8-9,11,20H2,1H3. The smallest absolute Gasteiger partial charge is 0.0452 e. The molecule has 0 aromatic heterocycles. The van der Waals surface area contributed by atoms with E-state index < -0.39 is 0 Å². The van der Waals surface area contributed by atoms with Crippen molar-refractivity contribution < 1.29 is 0 Å². The normalized spacial score (nSPS) is 12.4. The van der Waals surface area contributed by atoms with Gasteiger partial charge in [-0.15, -0.1) is 0 Å². The maximum atomic E-state index is 6.24. The molecular weight excluding hydrogens is 289 g/mol. The second-order valence-electron chi connectivity index (χ2n) is 5.17. The highest BCUT2D eigenvalue weighted by atomic mass is 35.5. The fraction of sp³-hybridized carbons (Fsp3) is 0.294. The Morgan fingerprint density at radius 1 is 1.00 bits per heavy atom. The number of aryl methyl sites for hydroxylation is 1. The molecule has 0 saturated carbocycles. The maximum Gasteiger partial charge on any atom is 0.0452 e. The third kappa shape index (κ3) is 3.99. The van der Waals surface area contributed by atoms with Crippen molar-refractivity contribution in [2.75, 3.05) is 6.54 Å². The van der Waals surface area contributed by atoms with Crippen molar-refractivity contribution in [3.8, 4) is 0 Å². The molecule has 0 spiro atoms.